The summed E-state index contributed by atoms with van der Waals surface area (Å²) in [5.74, 6) is 0.890. The maximum Gasteiger partial charge on any atom is 0.174 e. The number of carbonyl (C=O) groups is 1. The summed E-state index contributed by atoms with van der Waals surface area (Å²) in [4.78, 5) is 13.5. The molecule has 0 aliphatic carbocycles. The number of ether oxygens (including phenoxy) is 2. The molecule has 3 rings (SSSR count). The van der Waals surface area contributed by atoms with E-state index in [0.29, 0.717) is 24.3 Å². The Morgan fingerprint density at radius 1 is 1.07 bits per heavy atom. The molecule has 0 radical (unpaired) electrons. The van der Waals surface area contributed by atoms with Crippen molar-refractivity contribution in [2.24, 2.45) is 5.92 Å². The fourth-order valence-corrected chi connectivity index (χ4v) is 4.07. The molecule has 0 bridgehead atoms. The summed E-state index contributed by atoms with van der Waals surface area (Å²) < 4.78 is 11.2. The standard InChI is InChI=1S/C23H30NO4.BrH/c1-5-24(2)15-14-23(26,18-8-12-20(28-4)13-9-18)21(16-24)22(25)17-6-10-19(27-3)11-7-17;/h6-13,21,26H,5,14-16H2,1-4H3;1H/q+1;/p-1. The van der Waals surface area contributed by atoms with Gasteiger partial charge in [0, 0.05) is 12.0 Å². The number of hydrogen-bond donors (Lipinski definition) is 1. The zero-order valence-electron chi connectivity index (χ0n) is 17.5. The lowest BCUT2D eigenvalue weighted by Crippen LogP contribution is -3.00. The monoisotopic (exact) mass is 463 g/mol. The van der Waals surface area contributed by atoms with Crippen LogP contribution in [0.3, 0.4) is 0 Å². The lowest BCUT2D eigenvalue weighted by atomic mass is 9.72. The quantitative estimate of drug-likeness (QED) is 0.493. The highest BCUT2D eigenvalue weighted by Crippen LogP contribution is 2.41. The molecule has 0 saturated carbocycles. The van der Waals surface area contributed by atoms with Gasteiger partial charge in [-0.1, -0.05) is 12.1 Å². The molecular formula is C23H30BrNO4. The van der Waals surface area contributed by atoms with Crippen LogP contribution in [0, 0.1) is 5.92 Å². The molecule has 1 fully saturated rings. The lowest BCUT2D eigenvalue weighted by Gasteiger charge is -2.48. The van der Waals surface area contributed by atoms with Crippen molar-refractivity contribution in [2.45, 2.75) is 18.9 Å². The molecule has 3 atom stereocenters. The van der Waals surface area contributed by atoms with Crippen molar-refractivity contribution in [3.8, 4) is 11.5 Å². The number of halogens is 1. The van der Waals surface area contributed by atoms with Crippen molar-refractivity contribution >= 4 is 5.78 Å². The number of aliphatic hydroxyl groups is 1. The van der Waals surface area contributed by atoms with E-state index in [1.54, 1.807) is 38.5 Å². The SMILES string of the molecule is CC[N+]1(C)CCC(O)(c2ccc(OC)cc2)C(C(=O)c2ccc(OC)cc2)C1.[Br-]. The smallest absolute Gasteiger partial charge is 0.174 e. The second-order valence-electron chi connectivity index (χ2n) is 7.89. The zero-order valence-corrected chi connectivity index (χ0v) is 19.1. The normalized spacial score (nSPS) is 26.3. The van der Waals surface area contributed by atoms with Crippen LogP contribution in [0.4, 0.5) is 0 Å². The molecule has 5 nitrogen and oxygen atoms in total. The molecule has 158 valence electrons. The van der Waals surface area contributed by atoms with E-state index in [1.807, 2.05) is 24.3 Å². The molecule has 1 aliphatic heterocycles. The highest BCUT2D eigenvalue weighted by molar-refractivity contribution is 5.99. The van der Waals surface area contributed by atoms with E-state index in [2.05, 4.69) is 14.0 Å². The first kappa shape index (κ1) is 23.4. The first-order valence-corrected chi connectivity index (χ1v) is 9.74. The second-order valence-corrected chi connectivity index (χ2v) is 7.89. The predicted molar refractivity (Wildman–Crippen MR) is 109 cm³/mol. The Morgan fingerprint density at radius 2 is 1.59 bits per heavy atom. The molecule has 29 heavy (non-hydrogen) atoms. The second kappa shape index (κ2) is 9.28. The van der Waals surface area contributed by atoms with Crippen LogP contribution in [0.5, 0.6) is 11.5 Å². The van der Waals surface area contributed by atoms with Crippen LogP contribution in [-0.2, 0) is 5.60 Å². The van der Waals surface area contributed by atoms with Gasteiger partial charge in [0.15, 0.2) is 5.78 Å². The van der Waals surface area contributed by atoms with Crippen molar-refractivity contribution in [3.63, 3.8) is 0 Å². The van der Waals surface area contributed by atoms with Crippen molar-refractivity contribution in [2.75, 3.05) is 40.9 Å². The van der Waals surface area contributed by atoms with E-state index in [4.69, 9.17) is 9.47 Å². The van der Waals surface area contributed by atoms with Crippen LogP contribution >= 0.6 is 0 Å². The van der Waals surface area contributed by atoms with Crippen molar-refractivity contribution in [3.05, 3.63) is 59.7 Å². The number of hydrogen-bond acceptors (Lipinski definition) is 4. The summed E-state index contributed by atoms with van der Waals surface area (Å²) in [6.07, 6.45) is 0.538. The molecule has 1 saturated heterocycles. The zero-order chi connectivity index (χ0) is 20.4. The minimum atomic E-state index is -1.20. The van der Waals surface area contributed by atoms with Crippen molar-refractivity contribution in [1.82, 2.24) is 0 Å². The van der Waals surface area contributed by atoms with Crippen LogP contribution in [0.15, 0.2) is 48.5 Å². The largest absolute Gasteiger partial charge is 1.00 e. The van der Waals surface area contributed by atoms with Crippen LogP contribution in [-0.4, -0.2) is 56.3 Å². The van der Waals surface area contributed by atoms with Gasteiger partial charge < -0.3 is 36.0 Å². The first-order chi connectivity index (χ1) is 13.3. The van der Waals surface area contributed by atoms with Crippen molar-refractivity contribution in [1.29, 1.82) is 0 Å². The van der Waals surface area contributed by atoms with Gasteiger partial charge in [0.1, 0.15) is 23.0 Å². The van der Waals surface area contributed by atoms with Gasteiger partial charge in [0.25, 0.3) is 0 Å². The topological polar surface area (TPSA) is 55.8 Å². The van der Waals surface area contributed by atoms with Crippen molar-refractivity contribution < 1.29 is 40.8 Å². The van der Waals surface area contributed by atoms with Crippen LogP contribution < -0.4 is 26.5 Å². The highest BCUT2D eigenvalue weighted by atomic mass is 79.9. The summed E-state index contributed by atoms with van der Waals surface area (Å²) in [6, 6.07) is 14.5. The number of piperidine rings is 1. The summed E-state index contributed by atoms with van der Waals surface area (Å²) in [7, 11) is 5.37. The number of ketones is 1. The molecule has 2 aromatic carbocycles. The molecule has 0 spiro atoms. The molecule has 3 unspecified atom stereocenters. The number of carbonyl (C=O) groups excluding carboxylic acids is 1. The third kappa shape index (κ3) is 4.65. The van der Waals surface area contributed by atoms with E-state index in [-0.39, 0.29) is 22.8 Å². The van der Waals surface area contributed by atoms with E-state index in [0.717, 1.165) is 28.9 Å². The fraction of sp³-hybridized carbons (Fsp3) is 0.435. The number of benzene rings is 2. The summed E-state index contributed by atoms with van der Waals surface area (Å²) in [5, 5.41) is 11.7. The Morgan fingerprint density at radius 3 is 2.07 bits per heavy atom. The number of rotatable bonds is 6. The van der Waals surface area contributed by atoms with E-state index >= 15 is 0 Å². The number of methoxy groups -OCH3 is 2. The van der Waals surface area contributed by atoms with Crippen LogP contribution in [0.2, 0.25) is 0 Å². The number of nitrogens with zero attached hydrogens (tertiary/aromatic N) is 1. The number of likely N-dealkylation sites (tertiary alicyclic amines) is 1. The fourth-order valence-electron chi connectivity index (χ4n) is 4.07. The molecule has 1 aliphatic rings. The van der Waals surface area contributed by atoms with Gasteiger partial charge in [0.2, 0.25) is 0 Å². The average molecular weight is 464 g/mol. The Balaban J connectivity index is 0.00000300. The molecule has 1 N–H and O–H groups in total. The molecule has 6 heteroatoms. The minimum Gasteiger partial charge on any atom is -1.00 e. The van der Waals surface area contributed by atoms with Gasteiger partial charge in [-0.3, -0.25) is 4.79 Å². The van der Waals surface area contributed by atoms with Gasteiger partial charge in [-0.2, -0.15) is 0 Å². The highest BCUT2D eigenvalue weighted by Gasteiger charge is 2.51. The van der Waals surface area contributed by atoms with Gasteiger partial charge in [0.05, 0.1) is 40.9 Å². The predicted octanol–water partition coefficient (Wildman–Crippen LogP) is 0.265. The Bertz CT molecular complexity index is 824. The molecule has 2 aromatic rings. The Labute approximate surface area is 183 Å². The third-order valence-corrected chi connectivity index (χ3v) is 6.28. The molecule has 0 amide bonds. The Kier molecular flexibility index (Phi) is 7.49. The van der Waals surface area contributed by atoms with Gasteiger partial charge in [-0.15, -0.1) is 0 Å². The summed E-state index contributed by atoms with van der Waals surface area (Å²) in [5.41, 5.74) is 0.167. The van der Waals surface area contributed by atoms with Crippen LogP contribution in [0.1, 0.15) is 29.3 Å². The average Bonchev–Trinajstić information content (AvgIpc) is 2.75. The van der Waals surface area contributed by atoms with E-state index < -0.39 is 11.5 Å². The van der Waals surface area contributed by atoms with Gasteiger partial charge in [-0.25, -0.2) is 0 Å². The summed E-state index contributed by atoms with van der Waals surface area (Å²) in [6.45, 7) is 4.48. The number of quaternary nitrogens is 1. The van der Waals surface area contributed by atoms with Gasteiger partial charge in [-0.05, 0) is 48.9 Å². The van der Waals surface area contributed by atoms with E-state index in [9.17, 15) is 9.90 Å². The maximum atomic E-state index is 13.5. The molecule has 0 aromatic heterocycles. The maximum absolute atomic E-state index is 13.5. The Hall–Kier alpha value is -1.89. The first-order valence-electron chi connectivity index (χ1n) is 9.74. The van der Waals surface area contributed by atoms with Crippen LogP contribution in [0.25, 0.3) is 0 Å². The minimum absolute atomic E-state index is 0. The van der Waals surface area contributed by atoms with Gasteiger partial charge >= 0.3 is 0 Å². The number of Topliss-reactive ketones (excluding diaryl/α,β-unsaturated/α-hetero) is 1. The third-order valence-electron chi connectivity index (χ3n) is 6.28. The molecular weight excluding hydrogens is 434 g/mol. The molecule has 1 heterocycles. The lowest BCUT2D eigenvalue weighted by molar-refractivity contribution is -0.917. The van der Waals surface area contributed by atoms with E-state index in [1.165, 1.54) is 0 Å². The summed E-state index contributed by atoms with van der Waals surface area (Å²) >= 11 is 0.